The number of rotatable bonds is 8. The van der Waals surface area contributed by atoms with Gasteiger partial charge in [-0.3, -0.25) is 9.48 Å². The molecule has 0 amide bonds. The van der Waals surface area contributed by atoms with E-state index in [1.165, 1.54) is 12.1 Å². The molecule has 0 atom stereocenters. The fourth-order valence-electron chi connectivity index (χ4n) is 4.71. The van der Waals surface area contributed by atoms with Gasteiger partial charge in [-0.05, 0) is 43.2 Å². The molecule has 1 aromatic heterocycles. The van der Waals surface area contributed by atoms with Crippen molar-refractivity contribution in [2.24, 2.45) is 0 Å². The molecule has 0 unspecified atom stereocenters. The van der Waals surface area contributed by atoms with Crippen molar-refractivity contribution in [3.63, 3.8) is 0 Å². The Bertz CT molecular complexity index is 1800. The van der Waals surface area contributed by atoms with Gasteiger partial charge in [0.15, 0.2) is 0 Å². The van der Waals surface area contributed by atoms with Gasteiger partial charge in [-0.2, -0.15) is 18.3 Å². The highest BCUT2D eigenvalue weighted by Crippen LogP contribution is 2.39. The van der Waals surface area contributed by atoms with Crippen molar-refractivity contribution in [2.45, 2.75) is 38.6 Å². The molecular formula is C32H24F6N2O3. The average molecular weight is 599 g/mol. The molecule has 5 aromatic rings. The van der Waals surface area contributed by atoms with Crippen LogP contribution in [0.15, 0.2) is 78.9 Å². The third-order valence-electron chi connectivity index (χ3n) is 7.21. The molecule has 0 radical (unpaired) electrons. The molecule has 0 spiro atoms. The van der Waals surface area contributed by atoms with Gasteiger partial charge in [-0.1, -0.05) is 48.5 Å². The van der Waals surface area contributed by atoms with Crippen molar-refractivity contribution >= 4 is 16.9 Å². The lowest BCUT2D eigenvalue weighted by Crippen LogP contribution is -2.28. The van der Waals surface area contributed by atoms with Crippen LogP contribution in [0.25, 0.3) is 22.2 Å². The topological polar surface area (TPSA) is 64.3 Å². The second-order valence-electron chi connectivity index (χ2n) is 10.5. The van der Waals surface area contributed by atoms with E-state index in [9.17, 15) is 36.2 Å². The normalized spacial score (nSPS) is 12.1. The lowest BCUT2D eigenvalue weighted by Gasteiger charge is -2.19. The minimum absolute atomic E-state index is 0.0894. The lowest BCUT2D eigenvalue weighted by atomic mass is 9.84. The van der Waals surface area contributed by atoms with Gasteiger partial charge in [-0.15, -0.1) is 0 Å². The van der Waals surface area contributed by atoms with Crippen LogP contribution in [0.2, 0.25) is 0 Å². The van der Waals surface area contributed by atoms with Crippen LogP contribution >= 0.6 is 0 Å². The van der Waals surface area contributed by atoms with Gasteiger partial charge in [-0.25, -0.2) is 13.2 Å². The molecule has 0 aliphatic rings. The maximum Gasteiger partial charge on any atom is 0.418 e. The summed E-state index contributed by atoms with van der Waals surface area (Å²) in [6.45, 7) is 2.68. The maximum atomic E-state index is 14.6. The fraction of sp³-hybridized carbons (Fsp3) is 0.188. The third kappa shape index (κ3) is 5.93. The number of aliphatic carboxylic acids is 1. The predicted octanol–water partition coefficient (Wildman–Crippen LogP) is 8.13. The quantitative estimate of drug-likeness (QED) is 0.183. The first-order chi connectivity index (χ1) is 20.3. The van der Waals surface area contributed by atoms with E-state index in [-0.39, 0.29) is 17.7 Å². The van der Waals surface area contributed by atoms with E-state index in [0.29, 0.717) is 29.0 Å². The number of halogens is 6. The van der Waals surface area contributed by atoms with Crippen LogP contribution in [-0.2, 0) is 29.5 Å². The number of fused-ring (bicyclic) bond motifs is 1. The molecule has 0 aliphatic carbocycles. The van der Waals surface area contributed by atoms with Gasteiger partial charge >= 0.3 is 12.1 Å². The first-order valence-electron chi connectivity index (χ1n) is 13.0. The van der Waals surface area contributed by atoms with Gasteiger partial charge in [0.1, 0.15) is 35.3 Å². The largest absolute Gasteiger partial charge is 0.489 e. The SMILES string of the molecule is CC(C)(C(=O)O)c1ccc(COc2cccc(-c3c4cccc(C(F)(F)F)c4nn3Cc3c(F)cc(F)cc3F)c2)cc1. The molecule has 4 aromatic carbocycles. The zero-order valence-corrected chi connectivity index (χ0v) is 22.8. The number of benzene rings is 4. The highest BCUT2D eigenvalue weighted by atomic mass is 19.4. The number of carboxylic acid groups (broad SMARTS) is 1. The van der Waals surface area contributed by atoms with Gasteiger partial charge < -0.3 is 9.84 Å². The van der Waals surface area contributed by atoms with Gasteiger partial charge in [0, 0.05) is 28.6 Å². The molecule has 0 fully saturated rings. The van der Waals surface area contributed by atoms with E-state index in [4.69, 9.17) is 4.74 Å². The summed E-state index contributed by atoms with van der Waals surface area (Å²) in [5.41, 5.74) is -1.22. The number of hydrogen-bond donors (Lipinski definition) is 1. The number of carbonyl (C=O) groups is 1. The van der Waals surface area contributed by atoms with Crippen LogP contribution in [0.3, 0.4) is 0 Å². The Hall–Kier alpha value is -4.80. The van der Waals surface area contributed by atoms with E-state index < -0.39 is 58.2 Å². The summed E-state index contributed by atoms with van der Waals surface area (Å²) in [6, 6.07) is 17.8. The van der Waals surface area contributed by atoms with Crippen molar-refractivity contribution in [1.29, 1.82) is 0 Å². The zero-order chi connectivity index (χ0) is 31.1. The molecule has 0 saturated heterocycles. The molecule has 43 heavy (non-hydrogen) atoms. The Morgan fingerprint density at radius 3 is 2.19 bits per heavy atom. The molecule has 0 bridgehead atoms. The Morgan fingerprint density at radius 1 is 0.907 bits per heavy atom. The minimum Gasteiger partial charge on any atom is -0.489 e. The highest BCUT2D eigenvalue weighted by Gasteiger charge is 2.35. The molecule has 11 heteroatoms. The summed E-state index contributed by atoms with van der Waals surface area (Å²) in [6.07, 6.45) is -4.75. The maximum absolute atomic E-state index is 14.6. The van der Waals surface area contributed by atoms with Crippen molar-refractivity contribution in [1.82, 2.24) is 9.78 Å². The number of aromatic nitrogens is 2. The van der Waals surface area contributed by atoms with Crippen molar-refractivity contribution in [3.05, 3.63) is 119 Å². The van der Waals surface area contributed by atoms with Crippen LogP contribution in [0.4, 0.5) is 26.3 Å². The molecule has 222 valence electrons. The third-order valence-corrected chi connectivity index (χ3v) is 7.21. The summed E-state index contributed by atoms with van der Waals surface area (Å²) >= 11 is 0. The van der Waals surface area contributed by atoms with E-state index >= 15 is 0 Å². The van der Waals surface area contributed by atoms with Gasteiger partial charge in [0.25, 0.3) is 0 Å². The smallest absolute Gasteiger partial charge is 0.418 e. The molecule has 5 rings (SSSR count). The molecule has 1 heterocycles. The molecule has 5 nitrogen and oxygen atoms in total. The summed E-state index contributed by atoms with van der Waals surface area (Å²) in [4.78, 5) is 11.5. The summed E-state index contributed by atoms with van der Waals surface area (Å²) in [5, 5.41) is 13.6. The van der Waals surface area contributed by atoms with Crippen molar-refractivity contribution in [2.75, 3.05) is 0 Å². The van der Waals surface area contributed by atoms with E-state index in [0.717, 1.165) is 16.3 Å². The first kappa shape index (κ1) is 29.7. The Morgan fingerprint density at radius 2 is 1.56 bits per heavy atom. The van der Waals surface area contributed by atoms with Gasteiger partial charge in [0.2, 0.25) is 0 Å². The van der Waals surface area contributed by atoms with Crippen LogP contribution < -0.4 is 4.74 Å². The molecule has 0 saturated carbocycles. The monoisotopic (exact) mass is 598 g/mol. The van der Waals surface area contributed by atoms with E-state index in [1.807, 2.05) is 0 Å². The van der Waals surface area contributed by atoms with Crippen molar-refractivity contribution < 1.29 is 41.0 Å². The van der Waals surface area contributed by atoms with Gasteiger partial charge in [0.05, 0.1) is 23.2 Å². The van der Waals surface area contributed by atoms with Crippen LogP contribution in [0.5, 0.6) is 5.75 Å². The summed E-state index contributed by atoms with van der Waals surface area (Å²) in [5.74, 6) is -4.15. The zero-order valence-electron chi connectivity index (χ0n) is 22.8. The summed E-state index contributed by atoms with van der Waals surface area (Å²) < 4.78 is 91.2. The number of hydrogen-bond acceptors (Lipinski definition) is 3. The van der Waals surface area contributed by atoms with Crippen LogP contribution in [0.1, 0.15) is 36.1 Å². The Balaban J connectivity index is 1.52. The Kier molecular flexibility index (Phi) is 7.68. The average Bonchev–Trinajstić information content (AvgIpc) is 3.31. The van der Waals surface area contributed by atoms with Crippen LogP contribution in [0, 0.1) is 17.5 Å². The second-order valence-corrected chi connectivity index (χ2v) is 10.5. The fourth-order valence-corrected chi connectivity index (χ4v) is 4.71. The molecular weight excluding hydrogens is 574 g/mol. The van der Waals surface area contributed by atoms with E-state index in [2.05, 4.69) is 5.10 Å². The van der Waals surface area contributed by atoms with Crippen molar-refractivity contribution in [3.8, 4) is 17.0 Å². The second kappa shape index (κ2) is 11.1. The van der Waals surface area contributed by atoms with E-state index in [1.54, 1.807) is 62.4 Å². The first-order valence-corrected chi connectivity index (χ1v) is 13.0. The molecule has 1 N–H and O–H groups in total. The lowest BCUT2D eigenvalue weighted by molar-refractivity contribution is -0.142. The number of alkyl halides is 3. The predicted molar refractivity (Wildman–Crippen MR) is 147 cm³/mol. The number of ether oxygens (including phenoxy) is 1. The minimum atomic E-state index is -4.75. The standard InChI is InChI=1S/C32H24F6N2O3/c1-31(2,30(41)42)20-11-9-18(10-12-20)17-43-22-6-3-5-19(13-22)29-23-7-4-8-25(32(36,37)38)28(23)39-40(29)16-24-26(34)14-21(33)15-27(24)35/h3-15H,16-17H2,1-2H3,(H,41,42). The molecule has 0 aliphatic heterocycles. The highest BCUT2D eigenvalue weighted by molar-refractivity contribution is 5.95. The number of nitrogens with zero attached hydrogens (tertiary/aromatic N) is 2. The van der Waals surface area contributed by atoms with Crippen LogP contribution in [-0.4, -0.2) is 20.9 Å². The Labute approximate surface area is 242 Å². The summed E-state index contributed by atoms with van der Waals surface area (Å²) in [7, 11) is 0. The number of carboxylic acids is 1.